The lowest BCUT2D eigenvalue weighted by atomic mass is 9.97. The number of aromatic nitrogens is 2. The molecule has 1 aliphatic carbocycles. The Kier molecular flexibility index (Phi) is 3.50. The van der Waals surface area contributed by atoms with Crippen LogP contribution in [0, 0.1) is 5.92 Å². The third kappa shape index (κ3) is 2.94. The van der Waals surface area contributed by atoms with E-state index < -0.39 is 0 Å². The summed E-state index contributed by atoms with van der Waals surface area (Å²) in [7, 11) is 1.70. The van der Waals surface area contributed by atoms with E-state index in [1.54, 1.807) is 7.05 Å². The van der Waals surface area contributed by atoms with Gasteiger partial charge in [-0.15, -0.1) is 10.2 Å². The molecule has 1 aromatic heterocycles. The molecular weight excluding hydrogens is 244 g/mol. The highest BCUT2D eigenvalue weighted by Crippen LogP contribution is 2.39. The van der Waals surface area contributed by atoms with Gasteiger partial charge in [-0.3, -0.25) is 9.69 Å². The summed E-state index contributed by atoms with van der Waals surface area (Å²) in [5.41, 5.74) is 0. The second kappa shape index (κ2) is 5.28. The van der Waals surface area contributed by atoms with Crippen molar-refractivity contribution >= 4 is 5.91 Å². The highest BCUT2D eigenvalue weighted by molar-refractivity contribution is 5.78. The van der Waals surface area contributed by atoms with Crippen molar-refractivity contribution in [2.45, 2.75) is 38.1 Å². The lowest BCUT2D eigenvalue weighted by Gasteiger charge is -2.30. The van der Waals surface area contributed by atoms with Crippen molar-refractivity contribution in [1.82, 2.24) is 20.4 Å². The molecule has 3 rings (SSSR count). The lowest BCUT2D eigenvalue weighted by molar-refractivity contribution is -0.126. The van der Waals surface area contributed by atoms with Crippen molar-refractivity contribution in [2.24, 2.45) is 5.92 Å². The van der Waals surface area contributed by atoms with E-state index >= 15 is 0 Å². The molecule has 1 amide bonds. The third-order valence-corrected chi connectivity index (χ3v) is 3.89. The van der Waals surface area contributed by atoms with Gasteiger partial charge in [0, 0.05) is 19.5 Å². The van der Waals surface area contributed by atoms with Crippen molar-refractivity contribution in [3.8, 4) is 0 Å². The highest BCUT2D eigenvalue weighted by atomic mass is 16.4. The summed E-state index contributed by atoms with van der Waals surface area (Å²) >= 11 is 0. The Morgan fingerprint density at radius 3 is 3.00 bits per heavy atom. The fraction of sp³-hybridized carbons (Fsp3) is 0.769. The van der Waals surface area contributed by atoms with Gasteiger partial charge in [0.15, 0.2) is 0 Å². The minimum absolute atomic E-state index is 0.0876. The zero-order valence-corrected chi connectivity index (χ0v) is 11.3. The molecule has 1 saturated carbocycles. The smallest absolute Gasteiger partial charge is 0.230 e. The normalized spacial score (nSPS) is 24.4. The van der Waals surface area contributed by atoms with Gasteiger partial charge in [-0.05, 0) is 32.2 Å². The molecule has 1 saturated heterocycles. The summed E-state index contributed by atoms with van der Waals surface area (Å²) in [6.45, 7) is 2.43. The van der Waals surface area contributed by atoms with Gasteiger partial charge >= 0.3 is 0 Å². The Balaban J connectivity index is 1.57. The van der Waals surface area contributed by atoms with Gasteiger partial charge in [-0.2, -0.15) is 0 Å². The van der Waals surface area contributed by atoms with E-state index in [1.165, 1.54) is 12.8 Å². The molecule has 6 heteroatoms. The van der Waals surface area contributed by atoms with E-state index in [4.69, 9.17) is 4.42 Å². The predicted octanol–water partition coefficient (Wildman–Crippen LogP) is 0.905. The number of likely N-dealkylation sites (tertiary alicyclic amines) is 1. The maximum Gasteiger partial charge on any atom is 0.230 e. The molecule has 2 aliphatic rings. The van der Waals surface area contributed by atoms with E-state index in [1.807, 2.05) is 0 Å². The average Bonchev–Trinajstić information content (AvgIpc) is 3.19. The first-order valence-corrected chi connectivity index (χ1v) is 7.02. The zero-order valence-electron chi connectivity index (χ0n) is 11.3. The standard InChI is InChI=1S/C13H20N4O2/c1-14-12(18)10-3-2-6-17(7-10)8-11-15-16-13(19-11)9-4-5-9/h9-10H,2-8H2,1H3,(H,14,18). The summed E-state index contributed by atoms with van der Waals surface area (Å²) in [5.74, 6) is 2.19. The second-order valence-corrected chi connectivity index (χ2v) is 5.50. The SMILES string of the molecule is CNC(=O)C1CCCN(Cc2nnc(C3CC3)o2)C1. The first kappa shape index (κ1) is 12.6. The number of hydrogen-bond acceptors (Lipinski definition) is 5. The molecule has 2 heterocycles. The fourth-order valence-electron chi connectivity index (χ4n) is 2.63. The molecule has 1 unspecified atom stereocenters. The molecule has 1 N–H and O–H groups in total. The molecule has 0 spiro atoms. The van der Waals surface area contributed by atoms with Gasteiger partial charge in [0.1, 0.15) is 0 Å². The molecule has 2 fully saturated rings. The van der Waals surface area contributed by atoms with Crippen LogP contribution in [0.3, 0.4) is 0 Å². The van der Waals surface area contributed by atoms with Gasteiger partial charge in [-0.25, -0.2) is 0 Å². The van der Waals surface area contributed by atoms with Crippen LogP contribution in [0.15, 0.2) is 4.42 Å². The average molecular weight is 264 g/mol. The molecule has 0 bridgehead atoms. The largest absolute Gasteiger partial charge is 0.424 e. The molecule has 104 valence electrons. The van der Waals surface area contributed by atoms with Crippen molar-refractivity contribution in [3.05, 3.63) is 11.8 Å². The summed E-state index contributed by atoms with van der Waals surface area (Å²) < 4.78 is 5.67. The molecule has 0 radical (unpaired) electrons. The van der Waals surface area contributed by atoms with Crippen LogP contribution >= 0.6 is 0 Å². The van der Waals surface area contributed by atoms with Crippen molar-refractivity contribution in [3.63, 3.8) is 0 Å². The predicted molar refractivity (Wildman–Crippen MR) is 68.3 cm³/mol. The molecule has 6 nitrogen and oxygen atoms in total. The number of carbonyl (C=O) groups excluding carboxylic acids is 1. The molecule has 1 aromatic rings. The van der Waals surface area contributed by atoms with Gasteiger partial charge in [0.25, 0.3) is 0 Å². The van der Waals surface area contributed by atoms with Crippen molar-refractivity contribution < 1.29 is 9.21 Å². The third-order valence-electron chi connectivity index (χ3n) is 3.89. The van der Waals surface area contributed by atoms with Crippen LogP contribution in [0.5, 0.6) is 0 Å². The first-order valence-electron chi connectivity index (χ1n) is 7.02. The Hall–Kier alpha value is -1.43. The minimum atomic E-state index is 0.0876. The highest BCUT2D eigenvalue weighted by Gasteiger charge is 2.30. The maximum absolute atomic E-state index is 11.7. The Bertz CT molecular complexity index is 455. The Morgan fingerprint density at radius 2 is 2.26 bits per heavy atom. The van der Waals surface area contributed by atoms with E-state index in [0.29, 0.717) is 18.4 Å². The van der Waals surface area contributed by atoms with Crippen LogP contribution < -0.4 is 5.32 Å². The maximum atomic E-state index is 11.7. The number of nitrogens with one attached hydrogen (secondary N) is 1. The van der Waals surface area contributed by atoms with Crippen molar-refractivity contribution in [1.29, 1.82) is 0 Å². The quantitative estimate of drug-likeness (QED) is 0.875. The van der Waals surface area contributed by atoms with Gasteiger partial charge in [0.2, 0.25) is 17.7 Å². The molecule has 0 aromatic carbocycles. The van der Waals surface area contributed by atoms with E-state index in [2.05, 4.69) is 20.4 Å². The van der Waals surface area contributed by atoms with E-state index in [9.17, 15) is 4.79 Å². The van der Waals surface area contributed by atoms with Gasteiger partial charge < -0.3 is 9.73 Å². The number of rotatable bonds is 4. The number of nitrogens with zero attached hydrogens (tertiary/aromatic N) is 3. The van der Waals surface area contributed by atoms with E-state index in [0.717, 1.165) is 31.8 Å². The van der Waals surface area contributed by atoms with Gasteiger partial charge in [-0.1, -0.05) is 0 Å². The number of hydrogen-bond donors (Lipinski definition) is 1. The molecule has 1 atom stereocenters. The number of amides is 1. The Labute approximate surface area is 112 Å². The van der Waals surface area contributed by atoms with Crippen LogP contribution in [0.1, 0.15) is 43.4 Å². The zero-order chi connectivity index (χ0) is 13.2. The molecule has 1 aliphatic heterocycles. The second-order valence-electron chi connectivity index (χ2n) is 5.50. The van der Waals surface area contributed by atoms with E-state index in [-0.39, 0.29) is 11.8 Å². The fourth-order valence-corrected chi connectivity index (χ4v) is 2.63. The van der Waals surface area contributed by atoms with Crippen LogP contribution in [-0.4, -0.2) is 41.1 Å². The summed E-state index contributed by atoms with van der Waals surface area (Å²) in [6.07, 6.45) is 4.35. The first-order chi connectivity index (χ1) is 9.26. The molecular formula is C13H20N4O2. The molecule has 19 heavy (non-hydrogen) atoms. The van der Waals surface area contributed by atoms with Crippen LogP contribution in [0.2, 0.25) is 0 Å². The number of carbonyl (C=O) groups is 1. The number of piperidine rings is 1. The van der Waals surface area contributed by atoms with Crippen molar-refractivity contribution in [2.75, 3.05) is 20.1 Å². The monoisotopic (exact) mass is 264 g/mol. The lowest BCUT2D eigenvalue weighted by Crippen LogP contribution is -2.41. The summed E-state index contributed by atoms with van der Waals surface area (Å²) in [4.78, 5) is 13.9. The van der Waals surface area contributed by atoms with Gasteiger partial charge in [0.05, 0.1) is 12.5 Å². The summed E-state index contributed by atoms with van der Waals surface area (Å²) in [6, 6.07) is 0. The van der Waals surface area contributed by atoms with Crippen LogP contribution in [-0.2, 0) is 11.3 Å². The topological polar surface area (TPSA) is 71.3 Å². The van der Waals surface area contributed by atoms with Crippen LogP contribution in [0.25, 0.3) is 0 Å². The summed E-state index contributed by atoms with van der Waals surface area (Å²) in [5, 5.41) is 10.9. The minimum Gasteiger partial charge on any atom is -0.424 e. The van der Waals surface area contributed by atoms with Crippen LogP contribution in [0.4, 0.5) is 0 Å². The Morgan fingerprint density at radius 1 is 1.42 bits per heavy atom.